The summed E-state index contributed by atoms with van der Waals surface area (Å²) in [4.78, 5) is 2.38. The van der Waals surface area contributed by atoms with Gasteiger partial charge in [0.15, 0.2) is 11.5 Å². The third-order valence-electron chi connectivity index (χ3n) is 6.00. The quantitative estimate of drug-likeness (QED) is 0.561. The number of aromatic nitrogens is 2. The maximum atomic E-state index is 13.2. The molecule has 2 aliphatic rings. The maximum Gasteiger partial charge on any atom is 0.247 e. The molecule has 0 N–H and O–H groups in total. The minimum atomic E-state index is -3.63. The summed E-state index contributed by atoms with van der Waals surface area (Å²) >= 11 is 0. The van der Waals surface area contributed by atoms with Crippen LogP contribution in [0.5, 0.6) is 11.5 Å². The lowest BCUT2D eigenvalue weighted by molar-refractivity contribution is 0.129. The highest BCUT2D eigenvalue weighted by Crippen LogP contribution is 2.33. The molecule has 174 valence electrons. The Morgan fingerprint density at radius 1 is 0.909 bits per heavy atom. The summed E-state index contributed by atoms with van der Waals surface area (Å²) < 4.78 is 45.2. The van der Waals surface area contributed by atoms with Gasteiger partial charge < -0.3 is 13.9 Å². The van der Waals surface area contributed by atoms with Crippen molar-refractivity contribution in [3.8, 4) is 23.0 Å². The number of nitrogens with zero attached hydrogens (tertiary/aromatic N) is 4. The molecule has 0 spiro atoms. The number of rotatable bonds is 5. The highest BCUT2D eigenvalue weighted by atomic mass is 32.2. The molecule has 2 aliphatic heterocycles. The Hall–Kier alpha value is -2.95. The second kappa shape index (κ2) is 9.12. The Bertz CT molecular complexity index is 1210. The first kappa shape index (κ1) is 21.9. The van der Waals surface area contributed by atoms with Gasteiger partial charge in [-0.1, -0.05) is 18.2 Å². The van der Waals surface area contributed by atoms with E-state index in [1.54, 1.807) is 18.2 Å². The first-order chi connectivity index (χ1) is 16.0. The molecule has 1 atom stereocenters. The molecule has 2 aromatic carbocycles. The molecule has 1 fully saturated rings. The van der Waals surface area contributed by atoms with E-state index in [0.29, 0.717) is 62.7 Å². The van der Waals surface area contributed by atoms with Gasteiger partial charge in [0, 0.05) is 44.2 Å². The molecule has 33 heavy (non-hydrogen) atoms. The number of hydrogen-bond acceptors (Lipinski definition) is 8. The third kappa shape index (κ3) is 4.46. The lowest BCUT2D eigenvalue weighted by Crippen LogP contribution is -2.49. The predicted molar refractivity (Wildman–Crippen MR) is 121 cm³/mol. The Morgan fingerprint density at radius 2 is 1.64 bits per heavy atom. The average Bonchev–Trinajstić information content (AvgIpc) is 3.23. The number of benzene rings is 2. The largest absolute Gasteiger partial charge is 0.490 e. The van der Waals surface area contributed by atoms with Gasteiger partial charge in [-0.3, -0.25) is 4.90 Å². The molecule has 10 heteroatoms. The topological polar surface area (TPSA) is 98.0 Å². The fraction of sp³-hybridized carbons (Fsp3) is 0.391. The second-order valence-electron chi connectivity index (χ2n) is 8.09. The van der Waals surface area contributed by atoms with Crippen molar-refractivity contribution >= 4 is 10.0 Å². The molecule has 3 aromatic rings. The van der Waals surface area contributed by atoms with Crippen LogP contribution in [0.1, 0.15) is 25.3 Å². The van der Waals surface area contributed by atoms with Crippen LogP contribution in [-0.2, 0) is 10.0 Å². The minimum absolute atomic E-state index is 0.113. The van der Waals surface area contributed by atoms with E-state index < -0.39 is 10.0 Å². The number of ether oxygens (including phenoxy) is 2. The fourth-order valence-corrected chi connectivity index (χ4v) is 5.48. The fourth-order valence-electron chi connectivity index (χ4n) is 4.04. The lowest BCUT2D eigenvalue weighted by atomic mass is 10.2. The zero-order chi connectivity index (χ0) is 22.8. The van der Waals surface area contributed by atoms with E-state index in [9.17, 15) is 8.42 Å². The van der Waals surface area contributed by atoms with Gasteiger partial charge in [-0.2, -0.15) is 4.31 Å². The van der Waals surface area contributed by atoms with Crippen LogP contribution < -0.4 is 9.47 Å². The van der Waals surface area contributed by atoms with Crippen molar-refractivity contribution < 1.29 is 22.3 Å². The third-order valence-corrected chi connectivity index (χ3v) is 7.89. The van der Waals surface area contributed by atoms with Crippen molar-refractivity contribution in [2.45, 2.75) is 24.3 Å². The minimum Gasteiger partial charge on any atom is -0.490 e. The van der Waals surface area contributed by atoms with Crippen LogP contribution in [0, 0.1) is 0 Å². The smallest absolute Gasteiger partial charge is 0.247 e. The van der Waals surface area contributed by atoms with E-state index in [0.717, 1.165) is 12.0 Å². The van der Waals surface area contributed by atoms with Gasteiger partial charge in [0.1, 0.15) is 0 Å². The predicted octanol–water partition coefficient (Wildman–Crippen LogP) is 2.97. The van der Waals surface area contributed by atoms with Crippen molar-refractivity contribution in [3.05, 3.63) is 54.4 Å². The monoisotopic (exact) mass is 470 g/mol. The Morgan fingerprint density at radius 3 is 2.39 bits per heavy atom. The zero-order valence-electron chi connectivity index (χ0n) is 18.4. The first-order valence-corrected chi connectivity index (χ1v) is 12.5. The Balaban J connectivity index is 1.25. The molecule has 0 unspecified atom stereocenters. The molecule has 9 nitrogen and oxygen atoms in total. The standard InChI is InChI=1S/C23H26N4O5S/c1-17(22-24-25-23(32-22)18-6-3-2-4-7-18)26-10-12-27(13-11-26)33(28,29)19-8-9-20-21(16-19)31-15-5-14-30-20/h2-4,6-9,16-17H,5,10-15H2,1H3/t17-/m0/s1. The SMILES string of the molecule is C[C@@H](c1nnc(-c2ccccc2)o1)N1CCN(S(=O)(=O)c2ccc3c(c2)OCCCO3)CC1. The zero-order valence-corrected chi connectivity index (χ0v) is 19.2. The summed E-state index contributed by atoms with van der Waals surface area (Å²) in [7, 11) is -3.63. The van der Waals surface area contributed by atoms with Gasteiger partial charge in [-0.25, -0.2) is 8.42 Å². The van der Waals surface area contributed by atoms with Crippen LogP contribution >= 0.6 is 0 Å². The number of fused-ring (bicyclic) bond motifs is 1. The lowest BCUT2D eigenvalue weighted by Gasteiger charge is -2.36. The van der Waals surface area contributed by atoms with Crippen LogP contribution in [0.15, 0.2) is 57.8 Å². The summed E-state index contributed by atoms with van der Waals surface area (Å²) in [6.45, 7) is 4.95. The molecule has 0 aliphatic carbocycles. The molecule has 0 amide bonds. The summed E-state index contributed by atoms with van der Waals surface area (Å²) in [6, 6.07) is 14.3. The molecule has 0 radical (unpaired) electrons. The van der Waals surface area contributed by atoms with Crippen LogP contribution in [0.25, 0.3) is 11.5 Å². The van der Waals surface area contributed by atoms with Gasteiger partial charge in [-0.05, 0) is 31.2 Å². The van der Waals surface area contributed by atoms with Gasteiger partial charge in [0.2, 0.25) is 21.8 Å². The van der Waals surface area contributed by atoms with E-state index in [4.69, 9.17) is 13.9 Å². The second-order valence-corrected chi connectivity index (χ2v) is 10.0. The molecule has 5 rings (SSSR count). The molecule has 0 bridgehead atoms. The molecule has 1 saturated heterocycles. The highest BCUT2D eigenvalue weighted by Gasteiger charge is 2.32. The van der Waals surface area contributed by atoms with Crippen molar-refractivity contribution in [2.75, 3.05) is 39.4 Å². The van der Waals surface area contributed by atoms with Crippen molar-refractivity contribution in [1.82, 2.24) is 19.4 Å². The van der Waals surface area contributed by atoms with E-state index in [1.807, 2.05) is 37.3 Å². The van der Waals surface area contributed by atoms with Gasteiger partial charge in [0.05, 0.1) is 24.2 Å². The van der Waals surface area contributed by atoms with Gasteiger partial charge >= 0.3 is 0 Å². The van der Waals surface area contributed by atoms with E-state index >= 15 is 0 Å². The molecule has 0 saturated carbocycles. The Labute approximate surface area is 193 Å². The van der Waals surface area contributed by atoms with Crippen LogP contribution in [0.4, 0.5) is 0 Å². The molecule has 1 aromatic heterocycles. The first-order valence-electron chi connectivity index (χ1n) is 11.0. The number of hydrogen-bond donors (Lipinski definition) is 0. The number of piperazine rings is 1. The normalized spacial score (nSPS) is 18.6. The number of sulfonamides is 1. The summed E-state index contributed by atoms with van der Waals surface area (Å²) in [6.07, 6.45) is 0.768. The molecular formula is C23H26N4O5S. The van der Waals surface area contributed by atoms with Crippen LogP contribution in [0.2, 0.25) is 0 Å². The summed E-state index contributed by atoms with van der Waals surface area (Å²) in [5.41, 5.74) is 0.870. The summed E-state index contributed by atoms with van der Waals surface area (Å²) in [5, 5.41) is 8.38. The van der Waals surface area contributed by atoms with Gasteiger partial charge in [0.25, 0.3) is 0 Å². The van der Waals surface area contributed by atoms with Crippen molar-refractivity contribution in [2.24, 2.45) is 0 Å². The maximum absolute atomic E-state index is 13.2. The highest BCUT2D eigenvalue weighted by molar-refractivity contribution is 7.89. The summed E-state index contributed by atoms with van der Waals surface area (Å²) in [5.74, 6) is 2.06. The van der Waals surface area contributed by atoms with Crippen molar-refractivity contribution in [1.29, 1.82) is 0 Å². The van der Waals surface area contributed by atoms with Crippen LogP contribution in [0.3, 0.4) is 0 Å². The molecule has 3 heterocycles. The molecular weight excluding hydrogens is 444 g/mol. The average molecular weight is 471 g/mol. The van der Waals surface area contributed by atoms with Crippen LogP contribution in [-0.4, -0.2) is 67.2 Å². The van der Waals surface area contributed by atoms with E-state index in [2.05, 4.69) is 15.1 Å². The van der Waals surface area contributed by atoms with E-state index in [-0.39, 0.29) is 10.9 Å². The van der Waals surface area contributed by atoms with E-state index in [1.165, 1.54) is 4.31 Å². The van der Waals surface area contributed by atoms with Crippen molar-refractivity contribution in [3.63, 3.8) is 0 Å². The van der Waals surface area contributed by atoms with Gasteiger partial charge in [-0.15, -0.1) is 10.2 Å². The Kier molecular flexibility index (Phi) is 6.05.